The standard InChI is InChI=1S/C20H29N3O/c1-15(2)8-9-19(22-12-10-21-11-13-22)18-14-23(16(3)24)20-7-5-4-6-17(18)20/h4-7,14-15,19,21H,8-13H2,1-3H3/t19-/m1/s1. The number of hydrogen-bond acceptors (Lipinski definition) is 3. The zero-order valence-corrected chi connectivity index (χ0v) is 15.1. The highest BCUT2D eigenvalue weighted by molar-refractivity contribution is 5.93. The molecular formula is C20H29N3O. The van der Waals surface area contributed by atoms with E-state index in [4.69, 9.17) is 0 Å². The Bertz CT molecular complexity index is 698. The van der Waals surface area contributed by atoms with Crippen molar-refractivity contribution < 1.29 is 4.79 Å². The van der Waals surface area contributed by atoms with E-state index in [1.807, 2.05) is 10.6 Å². The molecule has 4 heteroatoms. The normalized spacial score (nSPS) is 17.5. The van der Waals surface area contributed by atoms with Gasteiger partial charge in [-0.05, 0) is 30.4 Å². The third-order valence-electron chi connectivity index (χ3n) is 5.05. The maximum Gasteiger partial charge on any atom is 0.227 e. The first-order valence-electron chi connectivity index (χ1n) is 9.13. The fraction of sp³-hybridized carbons (Fsp3) is 0.550. The second-order valence-electron chi connectivity index (χ2n) is 7.26. The highest BCUT2D eigenvalue weighted by Crippen LogP contribution is 2.34. The van der Waals surface area contributed by atoms with Crippen LogP contribution in [0.2, 0.25) is 0 Å². The van der Waals surface area contributed by atoms with E-state index in [2.05, 4.69) is 48.5 Å². The summed E-state index contributed by atoms with van der Waals surface area (Å²) >= 11 is 0. The van der Waals surface area contributed by atoms with E-state index >= 15 is 0 Å². The number of nitrogens with one attached hydrogen (secondary N) is 1. The first kappa shape index (κ1) is 17.2. The summed E-state index contributed by atoms with van der Waals surface area (Å²) in [5.41, 5.74) is 2.34. The van der Waals surface area contributed by atoms with Crippen molar-refractivity contribution in [2.45, 2.75) is 39.7 Å². The lowest BCUT2D eigenvalue weighted by atomic mass is 9.95. The number of carbonyl (C=O) groups is 1. The second kappa shape index (κ2) is 7.49. The quantitative estimate of drug-likeness (QED) is 0.910. The van der Waals surface area contributed by atoms with E-state index in [9.17, 15) is 4.79 Å². The second-order valence-corrected chi connectivity index (χ2v) is 7.26. The lowest BCUT2D eigenvalue weighted by Gasteiger charge is -2.35. The van der Waals surface area contributed by atoms with Gasteiger partial charge in [-0.3, -0.25) is 14.3 Å². The van der Waals surface area contributed by atoms with Crippen LogP contribution in [0.1, 0.15) is 50.0 Å². The number of fused-ring (bicyclic) bond motifs is 1. The van der Waals surface area contributed by atoms with Crippen molar-refractivity contribution >= 4 is 16.8 Å². The van der Waals surface area contributed by atoms with Crippen LogP contribution < -0.4 is 5.32 Å². The Morgan fingerprint density at radius 1 is 1.17 bits per heavy atom. The Morgan fingerprint density at radius 3 is 2.54 bits per heavy atom. The molecule has 1 saturated heterocycles. The van der Waals surface area contributed by atoms with Crippen LogP contribution in [0.5, 0.6) is 0 Å². The predicted octanol–water partition coefficient (Wildman–Crippen LogP) is 3.68. The summed E-state index contributed by atoms with van der Waals surface area (Å²) in [7, 11) is 0. The van der Waals surface area contributed by atoms with Crippen LogP contribution in [0.4, 0.5) is 0 Å². The summed E-state index contributed by atoms with van der Waals surface area (Å²) in [5, 5.41) is 4.67. The smallest absolute Gasteiger partial charge is 0.227 e. The zero-order valence-electron chi connectivity index (χ0n) is 15.1. The van der Waals surface area contributed by atoms with Gasteiger partial charge in [0, 0.05) is 50.7 Å². The predicted molar refractivity (Wildman–Crippen MR) is 99.5 cm³/mol. The molecule has 1 aromatic carbocycles. The number of rotatable bonds is 5. The van der Waals surface area contributed by atoms with Gasteiger partial charge in [-0.1, -0.05) is 32.0 Å². The molecule has 2 aromatic rings. The van der Waals surface area contributed by atoms with Gasteiger partial charge in [0.05, 0.1) is 5.52 Å². The largest absolute Gasteiger partial charge is 0.314 e. The summed E-state index contributed by atoms with van der Waals surface area (Å²) in [5.74, 6) is 0.775. The number of piperazine rings is 1. The van der Waals surface area contributed by atoms with Crippen LogP contribution in [0.25, 0.3) is 10.9 Å². The number of benzene rings is 1. The van der Waals surface area contributed by atoms with Gasteiger partial charge in [0.2, 0.25) is 5.91 Å². The maximum absolute atomic E-state index is 12.1. The van der Waals surface area contributed by atoms with Gasteiger partial charge in [-0.15, -0.1) is 0 Å². The van der Waals surface area contributed by atoms with Crippen LogP contribution in [-0.4, -0.2) is 41.6 Å². The fourth-order valence-electron chi connectivity index (χ4n) is 3.75. The molecule has 24 heavy (non-hydrogen) atoms. The van der Waals surface area contributed by atoms with E-state index in [0.29, 0.717) is 12.0 Å². The van der Waals surface area contributed by atoms with Gasteiger partial charge in [0.1, 0.15) is 0 Å². The SMILES string of the molecule is CC(=O)n1cc([C@@H](CCC(C)C)N2CCNCC2)c2ccccc21. The third kappa shape index (κ3) is 3.55. The maximum atomic E-state index is 12.1. The molecular weight excluding hydrogens is 298 g/mol. The lowest BCUT2D eigenvalue weighted by molar-refractivity contribution is 0.0941. The van der Waals surface area contributed by atoms with E-state index in [0.717, 1.165) is 38.1 Å². The first-order chi connectivity index (χ1) is 11.6. The molecule has 0 spiro atoms. The van der Waals surface area contributed by atoms with Crippen molar-refractivity contribution in [3.63, 3.8) is 0 Å². The molecule has 1 fully saturated rings. The Kier molecular flexibility index (Phi) is 5.36. The van der Waals surface area contributed by atoms with Gasteiger partial charge in [0.25, 0.3) is 0 Å². The molecule has 1 N–H and O–H groups in total. The summed E-state index contributed by atoms with van der Waals surface area (Å²) in [6, 6.07) is 8.69. The van der Waals surface area contributed by atoms with Crippen molar-refractivity contribution in [3.8, 4) is 0 Å². The highest BCUT2D eigenvalue weighted by atomic mass is 16.1. The van der Waals surface area contributed by atoms with E-state index in [-0.39, 0.29) is 5.91 Å². The average molecular weight is 327 g/mol. The van der Waals surface area contributed by atoms with Crippen molar-refractivity contribution in [2.75, 3.05) is 26.2 Å². The minimum Gasteiger partial charge on any atom is -0.314 e. The van der Waals surface area contributed by atoms with Crippen LogP contribution >= 0.6 is 0 Å². The van der Waals surface area contributed by atoms with Crippen LogP contribution in [-0.2, 0) is 0 Å². The topological polar surface area (TPSA) is 37.3 Å². The Hall–Kier alpha value is -1.65. The summed E-state index contributed by atoms with van der Waals surface area (Å²) in [6.07, 6.45) is 4.43. The van der Waals surface area contributed by atoms with Crippen molar-refractivity contribution in [2.24, 2.45) is 5.92 Å². The highest BCUT2D eigenvalue weighted by Gasteiger charge is 2.26. The van der Waals surface area contributed by atoms with E-state index in [1.54, 1.807) is 6.92 Å². The molecule has 4 nitrogen and oxygen atoms in total. The number of para-hydroxylation sites is 1. The molecule has 0 radical (unpaired) electrons. The van der Waals surface area contributed by atoms with Gasteiger partial charge < -0.3 is 5.32 Å². The van der Waals surface area contributed by atoms with Crippen molar-refractivity contribution in [1.29, 1.82) is 0 Å². The monoisotopic (exact) mass is 327 g/mol. The van der Waals surface area contributed by atoms with Gasteiger partial charge in [0.15, 0.2) is 0 Å². The molecule has 0 bridgehead atoms. The number of carbonyl (C=O) groups excluding carboxylic acids is 1. The molecule has 1 aromatic heterocycles. The number of hydrogen-bond donors (Lipinski definition) is 1. The average Bonchev–Trinajstić information content (AvgIpc) is 2.96. The molecule has 3 rings (SSSR count). The van der Waals surface area contributed by atoms with Crippen molar-refractivity contribution in [1.82, 2.24) is 14.8 Å². The number of aromatic nitrogens is 1. The minimum atomic E-state index is 0.0837. The van der Waals surface area contributed by atoms with Gasteiger partial charge in [-0.2, -0.15) is 0 Å². The van der Waals surface area contributed by atoms with Gasteiger partial charge in [-0.25, -0.2) is 0 Å². The Balaban J connectivity index is 2.02. The third-order valence-corrected chi connectivity index (χ3v) is 5.05. The molecule has 0 unspecified atom stereocenters. The molecule has 0 amide bonds. The number of nitrogens with zero attached hydrogens (tertiary/aromatic N) is 2. The van der Waals surface area contributed by atoms with E-state index < -0.39 is 0 Å². The molecule has 0 aliphatic carbocycles. The molecule has 1 atom stereocenters. The van der Waals surface area contributed by atoms with Gasteiger partial charge >= 0.3 is 0 Å². The summed E-state index contributed by atoms with van der Waals surface area (Å²) in [4.78, 5) is 14.7. The minimum absolute atomic E-state index is 0.0837. The molecule has 2 heterocycles. The van der Waals surface area contributed by atoms with Crippen LogP contribution in [0, 0.1) is 5.92 Å². The summed E-state index contributed by atoms with van der Waals surface area (Å²) in [6.45, 7) is 10.4. The van der Waals surface area contributed by atoms with Crippen molar-refractivity contribution in [3.05, 3.63) is 36.0 Å². The molecule has 0 saturated carbocycles. The summed E-state index contributed by atoms with van der Waals surface area (Å²) < 4.78 is 1.81. The first-order valence-corrected chi connectivity index (χ1v) is 9.13. The Labute approximate surface area is 144 Å². The van der Waals surface area contributed by atoms with Crippen LogP contribution in [0.3, 0.4) is 0 Å². The molecule has 1 aliphatic rings. The van der Waals surface area contributed by atoms with Crippen LogP contribution in [0.15, 0.2) is 30.5 Å². The zero-order chi connectivity index (χ0) is 17.1. The molecule has 1 aliphatic heterocycles. The lowest BCUT2D eigenvalue weighted by Crippen LogP contribution is -2.45. The van der Waals surface area contributed by atoms with E-state index in [1.165, 1.54) is 17.4 Å². The Morgan fingerprint density at radius 2 is 1.88 bits per heavy atom. The molecule has 130 valence electrons. The fourth-order valence-corrected chi connectivity index (χ4v) is 3.75.